The van der Waals surface area contributed by atoms with Gasteiger partial charge in [-0.2, -0.15) is 0 Å². The number of aromatic nitrogens is 3. The van der Waals surface area contributed by atoms with E-state index in [0.29, 0.717) is 29.8 Å². The lowest BCUT2D eigenvalue weighted by Crippen LogP contribution is -2.33. The third-order valence-corrected chi connectivity index (χ3v) is 5.66. The quantitative estimate of drug-likeness (QED) is 0.700. The largest absolute Gasteiger partial charge is 0.488 e. The lowest BCUT2D eigenvalue weighted by molar-refractivity contribution is -0.162. The van der Waals surface area contributed by atoms with Gasteiger partial charge in [0, 0.05) is 11.8 Å². The van der Waals surface area contributed by atoms with E-state index in [2.05, 4.69) is 15.0 Å². The van der Waals surface area contributed by atoms with E-state index in [1.807, 2.05) is 38.1 Å². The Kier molecular flexibility index (Phi) is 4.94. The van der Waals surface area contributed by atoms with Crippen LogP contribution < -0.4 is 4.74 Å². The van der Waals surface area contributed by atoms with Gasteiger partial charge in [0.15, 0.2) is 10.9 Å². The minimum absolute atomic E-state index is 0.257. The summed E-state index contributed by atoms with van der Waals surface area (Å²) in [5, 5.41) is 0.448. The van der Waals surface area contributed by atoms with Gasteiger partial charge in [-0.05, 0) is 32.0 Å². The lowest BCUT2D eigenvalue weighted by Gasteiger charge is -2.23. The minimum Gasteiger partial charge on any atom is -0.488 e. The number of hydrogen-bond acceptors (Lipinski definition) is 6. The third kappa shape index (κ3) is 3.87. The molecule has 0 bridgehead atoms. The first-order valence-corrected chi connectivity index (χ1v) is 10.0. The van der Waals surface area contributed by atoms with Crippen molar-refractivity contribution in [3.05, 3.63) is 47.8 Å². The summed E-state index contributed by atoms with van der Waals surface area (Å²) in [6.07, 6.45) is 1.66. The number of nitrogens with one attached hydrogen (secondary N) is 1. The number of pyridine rings is 1. The normalized spacial score (nSPS) is 17.3. The van der Waals surface area contributed by atoms with Gasteiger partial charge in [0.1, 0.15) is 12.4 Å². The zero-order valence-electron chi connectivity index (χ0n) is 15.2. The van der Waals surface area contributed by atoms with Gasteiger partial charge >= 0.3 is 0 Å². The number of para-hydroxylation sites is 2. The van der Waals surface area contributed by atoms with E-state index < -0.39 is 16.6 Å². The monoisotopic (exact) mass is 387 g/mol. The summed E-state index contributed by atoms with van der Waals surface area (Å²) in [5.41, 5.74) is 3.23. The van der Waals surface area contributed by atoms with Gasteiger partial charge in [-0.3, -0.25) is 9.19 Å². The molecule has 0 saturated carbocycles. The Morgan fingerprint density at radius 3 is 2.81 bits per heavy atom. The van der Waals surface area contributed by atoms with Gasteiger partial charge < -0.3 is 19.2 Å². The number of rotatable bonds is 6. The van der Waals surface area contributed by atoms with Crippen LogP contribution in [0.15, 0.2) is 41.7 Å². The predicted octanol–water partition coefficient (Wildman–Crippen LogP) is 2.72. The van der Waals surface area contributed by atoms with E-state index in [-0.39, 0.29) is 12.4 Å². The Hall–Kier alpha value is -2.29. The number of nitrogens with zero attached hydrogens (tertiary/aromatic N) is 2. The molecule has 1 unspecified atom stereocenters. The number of hydrogen-bond donors (Lipinski definition) is 1. The molecule has 1 fully saturated rings. The minimum atomic E-state index is -1.33. The second-order valence-corrected chi connectivity index (χ2v) is 7.92. The Labute approximate surface area is 159 Å². The van der Waals surface area contributed by atoms with Crippen molar-refractivity contribution in [1.29, 1.82) is 0 Å². The number of aromatic amines is 1. The standard InChI is InChI=1S/C19H21N3O4S/c1-13-16(11-27(23)18-21-14-5-3-4-6-15(14)22-18)20-8-7-17(13)24-12-19(2)25-9-10-26-19/h3-8H,9-12H2,1-2H3,(H,21,22). The van der Waals surface area contributed by atoms with E-state index in [4.69, 9.17) is 14.2 Å². The molecular formula is C19H21N3O4S. The van der Waals surface area contributed by atoms with Crippen molar-refractivity contribution in [2.45, 2.75) is 30.5 Å². The highest BCUT2D eigenvalue weighted by molar-refractivity contribution is 7.84. The maximum atomic E-state index is 12.8. The van der Waals surface area contributed by atoms with E-state index in [0.717, 1.165) is 16.6 Å². The first-order valence-electron chi connectivity index (χ1n) is 8.72. The van der Waals surface area contributed by atoms with Crippen molar-refractivity contribution in [1.82, 2.24) is 15.0 Å². The molecular weight excluding hydrogens is 366 g/mol. The molecule has 1 N–H and O–H groups in total. The lowest BCUT2D eigenvalue weighted by atomic mass is 10.2. The van der Waals surface area contributed by atoms with Gasteiger partial charge in [-0.25, -0.2) is 4.98 Å². The Morgan fingerprint density at radius 1 is 1.26 bits per heavy atom. The highest BCUT2D eigenvalue weighted by Crippen LogP contribution is 2.25. The SMILES string of the molecule is Cc1c(OCC2(C)OCCO2)ccnc1CS(=O)c1nc2ccccc2[nH]1. The molecule has 27 heavy (non-hydrogen) atoms. The van der Waals surface area contributed by atoms with E-state index in [1.165, 1.54) is 0 Å². The van der Waals surface area contributed by atoms with Crippen LogP contribution in [-0.2, 0) is 26.0 Å². The number of fused-ring (bicyclic) bond motifs is 1. The topological polar surface area (TPSA) is 86.3 Å². The van der Waals surface area contributed by atoms with Crippen molar-refractivity contribution in [3.8, 4) is 5.75 Å². The first kappa shape index (κ1) is 18.1. The maximum absolute atomic E-state index is 12.8. The summed E-state index contributed by atoms with van der Waals surface area (Å²) in [6.45, 7) is 5.18. The molecule has 8 heteroatoms. The van der Waals surface area contributed by atoms with Crippen LogP contribution in [0.3, 0.4) is 0 Å². The molecule has 4 rings (SSSR count). The van der Waals surface area contributed by atoms with Crippen LogP contribution >= 0.6 is 0 Å². The molecule has 0 amide bonds. The molecule has 0 radical (unpaired) electrons. The fraction of sp³-hybridized carbons (Fsp3) is 0.368. The zero-order chi connectivity index (χ0) is 18.9. The Morgan fingerprint density at radius 2 is 2.04 bits per heavy atom. The molecule has 1 aromatic carbocycles. The molecule has 0 spiro atoms. The summed E-state index contributed by atoms with van der Waals surface area (Å²) in [7, 11) is -1.33. The average molecular weight is 387 g/mol. The van der Waals surface area contributed by atoms with E-state index in [9.17, 15) is 4.21 Å². The number of H-pyrrole nitrogens is 1. The van der Waals surface area contributed by atoms with Crippen LogP contribution in [0.5, 0.6) is 5.75 Å². The Bertz CT molecular complexity index is 949. The van der Waals surface area contributed by atoms with Crippen molar-refractivity contribution in [2.24, 2.45) is 0 Å². The van der Waals surface area contributed by atoms with Gasteiger partial charge in [0.05, 0.1) is 46.5 Å². The molecule has 3 heterocycles. The van der Waals surface area contributed by atoms with Crippen molar-refractivity contribution >= 4 is 21.8 Å². The van der Waals surface area contributed by atoms with Crippen molar-refractivity contribution in [3.63, 3.8) is 0 Å². The molecule has 1 aliphatic heterocycles. The number of ether oxygens (including phenoxy) is 3. The highest BCUT2D eigenvalue weighted by Gasteiger charge is 2.32. The van der Waals surface area contributed by atoms with Gasteiger partial charge in [-0.15, -0.1) is 0 Å². The maximum Gasteiger partial charge on any atom is 0.200 e. The summed E-state index contributed by atoms with van der Waals surface area (Å²) in [6, 6.07) is 9.41. The predicted molar refractivity (Wildman–Crippen MR) is 101 cm³/mol. The van der Waals surface area contributed by atoms with Crippen LogP contribution in [0.2, 0.25) is 0 Å². The van der Waals surface area contributed by atoms with Crippen LogP contribution in [-0.4, -0.2) is 44.8 Å². The number of benzene rings is 1. The summed E-state index contributed by atoms with van der Waals surface area (Å²) >= 11 is 0. The zero-order valence-corrected chi connectivity index (χ0v) is 16.0. The highest BCUT2D eigenvalue weighted by atomic mass is 32.2. The molecule has 1 aliphatic rings. The molecule has 3 aromatic rings. The van der Waals surface area contributed by atoms with Crippen molar-refractivity contribution < 1.29 is 18.4 Å². The molecule has 2 aromatic heterocycles. The fourth-order valence-corrected chi connectivity index (χ4v) is 4.04. The van der Waals surface area contributed by atoms with Gasteiger partial charge in [0.25, 0.3) is 0 Å². The fourth-order valence-electron chi connectivity index (χ4n) is 2.94. The van der Waals surface area contributed by atoms with Crippen LogP contribution in [0, 0.1) is 6.92 Å². The van der Waals surface area contributed by atoms with Gasteiger partial charge in [0.2, 0.25) is 0 Å². The smallest absolute Gasteiger partial charge is 0.200 e. The van der Waals surface area contributed by atoms with E-state index in [1.54, 1.807) is 12.3 Å². The molecule has 1 saturated heterocycles. The first-order chi connectivity index (χ1) is 13.0. The van der Waals surface area contributed by atoms with Crippen molar-refractivity contribution in [2.75, 3.05) is 19.8 Å². The van der Waals surface area contributed by atoms with Crippen LogP contribution in [0.4, 0.5) is 0 Å². The third-order valence-electron chi connectivity index (χ3n) is 4.50. The summed E-state index contributed by atoms with van der Waals surface area (Å²) in [4.78, 5) is 11.9. The molecule has 7 nitrogen and oxygen atoms in total. The molecule has 0 aliphatic carbocycles. The molecule has 1 atom stereocenters. The Balaban J connectivity index is 1.49. The average Bonchev–Trinajstić information content (AvgIpc) is 3.29. The van der Waals surface area contributed by atoms with E-state index >= 15 is 0 Å². The number of imidazole rings is 1. The summed E-state index contributed by atoms with van der Waals surface area (Å²) in [5.74, 6) is 0.210. The van der Waals surface area contributed by atoms with Gasteiger partial charge in [-0.1, -0.05) is 12.1 Å². The van der Waals surface area contributed by atoms with Crippen LogP contribution in [0.25, 0.3) is 11.0 Å². The summed E-state index contributed by atoms with van der Waals surface area (Å²) < 4.78 is 29.8. The van der Waals surface area contributed by atoms with Crippen LogP contribution in [0.1, 0.15) is 18.2 Å². The second-order valence-electron chi connectivity index (χ2n) is 6.55. The molecule has 142 valence electrons. The second kappa shape index (κ2) is 7.38.